The van der Waals surface area contributed by atoms with E-state index in [4.69, 9.17) is 10.2 Å². The first-order valence-corrected chi connectivity index (χ1v) is 10.8. The Morgan fingerprint density at radius 1 is 1.03 bits per heavy atom. The number of nitrogens with one attached hydrogen (secondary N) is 1. The highest BCUT2D eigenvalue weighted by Crippen LogP contribution is 2.18. The SMILES string of the molecule is CCCCc1ncc(Cc2ccc(NC(C)C(=O)O)cc2)n1Cc1ccc(C(=O)O)cc1. The Labute approximate surface area is 187 Å². The summed E-state index contributed by atoms with van der Waals surface area (Å²) in [5.74, 6) is -0.800. The molecule has 168 valence electrons. The predicted octanol–water partition coefficient (Wildman–Crippen LogP) is 4.45. The van der Waals surface area contributed by atoms with Crippen LogP contribution in [0.25, 0.3) is 0 Å². The second-order valence-corrected chi connectivity index (χ2v) is 7.94. The van der Waals surface area contributed by atoms with Crippen LogP contribution in [0.5, 0.6) is 0 Å². The fourth-order valence-corrected chi connectivity index (χ4v) is 3.50. The summed E-state index contributed by atoms with van der Waals surface area (Å²) in [5, 5.41) is 21.1. The number of aromatic carboxylic acids is 1. The largest absolute Gasteiger partial charge is 0.480 e. The minimum absolute atomic E-state index is 0.275. The summed E-state index contributed by atoms with van der Waals surface area (Å²) in [6.45, 7) is 4.39. The van der Waals surface area contributed by atoms with Crippen LogP contribution in [0.3, 0.4) is 0 Å². The summed E-state index contributed by atoms with van der Waals surface area (Å²) in [4.78, 5) is 26.8. The standard InChI is InChI=1S/C25H29N3O4/c1-3-4-5-23-26-15-22(28(23)16-19-6-10-20(11-7-19)25(31)32)14-18-8-12-21(13-9-18)27-17(2)24(29)30/h6-13,15,17,27H,3-5,14,16H2,1-2H3,(H,29,30)(H,31,32). The van der Waals surface area contributed by atoms with Crippen molar-refractivity contribution in [2.45, 2.75) is 52.1 Å². The highest BCUT2D eigenvalue weighted by molar-refractivity contribution is 5.87. The summed E-state index contributed by atoms with van der Waals surface area (Å²) in [5.41, 5.74) is 4.24. The number of benzene rings is 2. The summed E-state index contributed by atoms with van der Waals surface area (Å²) in [6.07, 6.45) is 5.63. The van der Waals surface area contributed by atoms with Crippen LogP contribution >= 0.6 is 0 Å². The number of aliphatic carboxylic acids is 1. The first-order chi connectivity index (χ1) is 15.4. The molecule has 0 aliphatic carbocycles. The lowest BCUT2D eigenvalue weighted by atomic mass is 10.1. The molecule has 0 saturated heterocycles. The normalized spacial score (nSPS) is 11.8. The molecule has 1 heterocycles. The summed E-state index contributed by atoms with van der Waals surface area (Å²) >= 11 is 0. The molecule has 32 heavy (non-hydrogen) atoms. The van der Waals surface area contributed by atoms with Crippen molar-refractivity contribution >= 4 is 17.6 Å². The number of aryl methyl sites for hydroxylation is 1. The van der Waals surface area contributed by atoms with Crippen molar-refractivity contribution < 1.29 is 19.8 Å². The average Bonchev–Trinajstić information content (AvgIpc) is 3.14. The molecular formula is C25H29N3O4. The molecule has 0 saturated carbocycles. The zero-order chi connectivity index (χ0) is 23.1. The van der Waals surface area contributed by atoms with Crippen molar-refractivity contribution in [2.75, 3.05) is 5.32 Å². The number of carbonyl (C=O) groups is 2. The molecule has 1 atom stereocenters. The van der Waals surface area contributed by atoms with Gasteiger partial charge in [-0.1, -0.05) is 37.6 Å². The molecule has 1 unspecified atom stereocenters. The fraction of sp³-hybridized carbons (Fsp3) is 0.320. The number of carboxylic acid groups (broad SMARTS) is 2. The smallest absolute Gasteiger partial charge is 0.335 e. The van der Waals surface area contributed by atoms with Crippen LogP contribution in [0.15, 0.2) is 54.7 Å². The van der Waals surface area contributed by atoms with Crippen LogP contribution < -0.4 is 5.32 Å². The monoisotopic (exact) mass is 435 g/mol. The van der Waals surface area contributed by atoms with Gasteiger partial charge >= 0.3 is 11.9 Å². The number of imidazole rings is 1. The number of carboxylic acids is 2. The van der Waals surface area contributed by atoms with Gasteiger partial charge in [-0.25, -0.2) is 9.78 Å². The molecule has 7 heteroatoms. The minimum Gasteiger partial charge on any atom is -0.480 e. The maximum Gasteiger partial charge on any atom is 0.335 e. The third kappa shape index (κ3) is 5.97. The first kappa shape index (κ1) is 23.1. The Bertz CT molecular complexity index is 1060. The number of hydrogen-bond acceptors (Lipinski definition) is 4. The van der Waals surface area contributed by atoms with E-state index < -0.39 is 18.0 Å². The van der Waals surface area contributed by atoms with E-state index >= 15 is 0 Å². The molecule has 3 rings (SSSR count). The second-order valence-electron chi connectivity index (χ2n) is 7.94. The zero-order valence-corrected chi connectivity index (χ0v) is 18.4. The molecular weight excluding hydrogens is 406 g/mol. The Morgan fingerprint density at radius 2 is 1.69 bits per heavy atom. The summed E-state index contributed by atoms with van der Waals surface area (Å²) in [7, 11) is 0. The third-order valence-corrected chi connectivity index (χ3v) is 5.41. The Hall–Kier alpha value is -3.61. The number of aromatic nitrogens is 2. The van der Waals surface area contributed by atoms with Crippen molar-refractivity contribution in [3.8, 4) is 0 Å². The Kier molecular flexibility index (Phi) is 7.65. The van der Waals surface area contributed by atoms with Crippen LogP contribution in [0.1, 0.15) is 59.7 Å². The van der Waals surface area contributed by atoms with Crippen LogP contribution in [-0.2, 0) is 24.2 Å². The molecule has 2 aromatic carbocycles. The number of unbranched alkanes of at least 4 members (excludes halogenated alkanes) is 1. The van der Waals surface area contributed by atoms with Crippen LogP contribution in [0.2, 0.25) is 0 Å². The molecule has 3 aromatic rings. The van der Waals surface area contributed by atoms with Crippen molar-refractivity contribution in [3.05, 3.63) is 82.9 Å². The lowest BCUT2D eigenvalue weighted by molar-refractivity contribution is -0.137. The van der Waals surface area contributed by atoms with E-state index in [9.17, 15) is 9.59 Å². The van der Waals surface area contributed by atoms with Crippen LogP contribution in [0, 0.1) is 0 Å². The van der Waals surface area contributed by atoms with Crippen molar-refractivity contribution in [2.24, 2.45) is 0 Å². The van der Waals surface area contributed by atoms with E-state index in [2.05, 4.69) is 21.8 Å². The van der Waals surface area contributed by atoms with Gasteiger partial charge in [-0.2, -0.15) is 0 Å². The van der Waals surface area contributed by atoms with Gasteiger partial charge in [-0.05, 0) is 48.7 Å². The van der Waals surface area contributed by atoms with Gasteiger partial charge in [0.05, 0.1) is 5.56 Å². The highest BCUT2D eigenvalue weighted by atomic mass is 16.4. The number of rotatable bonds is 11. The van der Waals surface area contributed by atoms with Crippen molar-refractivity contribution in [3.63, 3.8) is 0 Å². The van der Waals surface area contributed by atoms with Crippen molar-refractivity contribution in [1.29, 1.82) is 0 Å². The zero-order valence-electron chi connectivity index (χ0n) is 18.4. The molecule has 0 radical (unpaired) electrons. The summed E-state index contributed by atoms with van der Waals surface area (Å²) < 4.78 is 2.21. The Balaban J connectivity index is 1.79. The molecule has 7 nitrogen and oxygen atoms in total. The topological polar surface area (TPSA) is 104 Å². The third-order valence-electron chi connectivity index (χ3n) is 5.41. The van der Waals surface area contributed by atoms with E-state index in [0.29, 0.717) is 13.0 Å². The molecule has 1 aromatic heterocycles. The minimum atomic E-state index is -0.931. The number of nitrogens with zero attached hydrogens (tertiary/aromatic N) is 2. The van der Waals surface area contributed by atoms with Gasteiger partial charge in [0, 0.05) is 37.0 Å². The maximum absolute atomic E-state index is 11.1. The van der Waals surface area contributed by atoms with Gasteiger partial charge in [0.15, 0.2) is 0 Å². The second kappa shape index (κ2) is 10.6. The maximum atomic E-state index is 11.1. The van der Waals surface area contributed by atoms with Crippen molar-refractivity contribution in [1.82, 2.24) is 9.55 Å². The van der Waals surface area contributed by atoms with E-state index in [1.165, 1.54) is 0 Å². The molecule has 0 fully saturated rings. The Morgan fingerprint density at radius 3 is 2.28 bits per heavy atom. The summed E-state index contributed by atoms with van der Waals surface area (Å²) in [6, 6.07) is 14.0. The lowest BCUT2D eigenvalue weighted by Gasteiger charge is -2.14. The van der Waals surface area contributed by atoms with E-state index in [-0.39, 0.29) is 5.56 Å². The lowest BCUT2D eigenvalue weighted by Crippen LogP contribution is -2.25. The van der Waals surface area contributed by atoms with Gasteiger partial charge in [-0.3, -0.25) is 4.79 Å². The number of hydrogen-bond donors (Lipinski definition) is 3. The molecule has 0 amide bonds. The van der Waals surface area contributed by atoms with E-state index in [1.807, 2.05) is 42.6 Å². The highest BCUT2D eigenvalue weighted by Gasteiger charge is 2.13. The molecule has 0 spiro atoms. The fourth-order valence-electron chi connectivity index (χ4n) is 3.50. The van der Waals surface area contributed by atoms with Gasteiger partial charge in [0.1, 0.15) is 11.9 Å². The van der Waals surface area contributed by atoms with Crippen LogP contribution in [-0.4, -0.2) is 37.7 Å². The molecule has 3 N–H and O–H groups in total. The van der Waals surface area contributed by atoms with Gasteiger partial charge in [0.25, 0.3) is 0 Å². The predicted molar refractivity (Wildman–Crippen MR) is 123 cm³/mol. The first-order valence-electron chi connectivity index (χ1n) is 10.8. The van der Waals surface area contributed by atoms with Gasteiger partial charge < -0.3 is 20.1 Å². The molecule has 0 aliphatic heterocycles. The van der Waals surface area contributed by atoms with Gasteiger partial charge in [0.2, 0.25) is 0 Å². The molecule has 0 aliphatic rings. The quantitative estimate of drug-likeness (QED) is 0.411. The van der Waals surface area contributed by atoms with Gasteiger partial charge in [-0.15, -0.1) is 0 Å². The number of anilines is 1. The molecule has 0 bridgehead atoms. The van der Waals surface area contributed by atoms with Crippen LogP contribution in [0.4, 0.5) is 5.69 Å². The van der Waals surface area contributed by atoms with E-state index in [0.717, 1.165) is 47.6 Å². The average molecular weight is 436 g/mol. The van der Waals surface area contributed by atoms with E-state index in [1.54, 1.807) is 19.1 Å².